The van der Waals surface area contributed by atoms with Crippen molar-refractivity contribution >= 4 is 50.9 Å². The zero-order valence-corrected chi connectivity index (χ0v) is 24.0. The maximum absolute atomic E-state index is 12.8. The molecule has 0 unspecified atom stereocenters. The van der Waals surface area contributed by atoms with Crippen LogP contribution in [0, 0.1) is 13.8 Å². The number of hydrogen-bond donors (Lipinski definition) is 1. The molecule has 11 heteroatoms. The highest BCUT2D eigenvalue weighted by Crippen LogP contribution is 2.34. The summed E-state index contributed by atoms with van der Waals surface area (Å²) >= 11 is 1.30. The number of ether oxygens (including phenoxy) is 2. The number of carbonyl (C=O) groups excluding carboxylic acids is 1. The predicted octanol–water partition coefficient (Wildman–Crippen LogP) is 5.23. The summed E-state index contributed by atoms with van der Waals surface area (Å²) in [4.78, 5) is 27.3. The molecule has 0 bridgehead atoms. The summed E-state index contributed by atoms with van der Waals surface area (Å²) in [7, 11) is 3.18. The number of para-hydroxylation sites is 3. The van der Waals surface area contributed by atoms with Gasteiger partial charge in [-0.15, -0.1) is 5.10 Å². The topological polar surface area (TPSA) is 108 Å². The summed E-state index contributed by atoms with van der Waals surface area (Å²) in [5, 5.41) is 9.15. The molecule has 0 aliphatic rings. The smallest absolute Gasteiger partial charge is 0.234 e. The highest BCUT2D eigenvalue weighted by Gasteiger charge is 2.19. The minimum atomic E-state index is -0.130. The van der Waals surface area contributed by atoms with E-state index in [-0.39, 0.29) is 11.7 Å². The minimum absolute atomic E-state index is 0.130. The van der Waals surface area contributed by atoms with Crippen molar-refractivity contribution < 1.29 is 14.3 Å². The van der Waals surface area contributed by atoms with E-state index in [1.54, 1.807) is 18.7 Å². The molecule has 1 N–H and O–H groups in total. The van der Waals surface area contributed by atoms with E-state index in [0.29, 0.717) is 46.6 Å². The molecule has 0 saturated heterocycles. The van der Waals surface area contributed by atoms with E-state index in [1.807, 2.05) is 68.4 Å². The fraction of sp³-hybridized carbons (Fsp3) is 0.233. The van der Waals surface area contributed by atoms with E-state index >= 15 is 0 Å². The van der Waals surface area contributed by atoms with Gasteiger partial charge in [-0.1, -0.05) is 42.1 Å². The van der Waals surface area contributed by atoms with Gasteiger partial charge in [-0.05, 0) is 43.7 Å². The van der Waals surface area contributed by atoms with Gasteiger partial charge in [0.2, 0.25) is 5.91 Å². The molecular weight excluding hydrogens is 538 g/mol. The molecule has 0 aliphatic carbocycles. The molecule has 0 aliphatic heterocycles. The first kappa shape index (κ1) is 26.6. The van der Waals surface area contributed by atoms with E-state index in [9.17, 15) is 4.79 Å². The van der Waals surface area contributed by atoms with Crippen molar-refractivity contribution in [2.45, 2.75) is 32.0 Å². The van der Waals surface area contributed by atoms with Gasteiger partial charge in [0.05, 0.1) is 36.5 Å². The Morgan fingerprint density at radius 1 is 0.927 bits per heavy atom. The first-order valence-electron chi connectivity index (χ1n) is 13.2. The third kappa shape index (κ3) is 5.16. The number of methoxy groups -OCH3 is 2. The van der Waals surface area contributed by atoms with Crippen LogP contribution in [0.4, 0.5) is 5.69 Å². The first-order chi connectivity index (χ1) is 19.9. The van der Waals surface area contributed by atoms with Crippen LogP contribution in [0.25, 0.3) is 27.6 Å². The quantitative estimate of drug-likeness (QED) is 0.187. The Bertz CT molecular complexity index is 1910. The van der Waals surface area contributed by atoms with Gasteiger partial charge in [0.25, 0.3) is 0 Å². The lowest BCUT2D eigenvalue weighted by atomic mass is 10.2. The average molecular weight is 568 g/mol. The summed E-state index contributed by atoms with van der Waals surface area (Å²) in [6, 6.07) is 19.5. The third-order valence-electron chi connectivity index (χ3n) is 6.95. The Morgan fingerprint density at radius 3 is 2.49 bits per heavy atom. The van der Waals surface area contributed by atoms with Gasteiger partial charge in [0.15, 0.2) is 28.1 Å². The van der Waals surface area contributed by atoms with Crippen LogP contribution in [0.2, 0.25) is 0 Å². The van der Waals surface area contributed by atoms with Crippen LogP contribution in [0.3, 0.4) is 0 Å². The number of fused-ring (bicyclic) bond motifs is 4. The molecule has 10 nitrogen and oxygen atoms in total. The molecule has 3 heterocycles. The second kappa shape index (κ2) is 11.1. The molecule has 6 aromatic rings. The number of nitrogens with one attached hydrogen (secondary N) is 1. The average Bonchev–Trinajstić information content (AvgIpc) is 3.55. The van der Waals surface area contributed by atoms with Crippen LogP contribution < -0.4 is 14.8 Å². The number of aryl methyl sites for hydroxylation is 4. The van der Waals surface area contributed by atoms with E-state index < -0.39 is 0 Å². The summed E-state index contributed by atoms with van der Waals surface area (Å²) < 4.78 is 15.0. The van der Waals surface area contributed by atoms with Crippen molar-refractivity contribution in [3.05, 3.63) is 77.9 Å². The number of aromatic nitrogens is 6. The molecular formula is C30H29N7O3S. The largest absolute Gasteiger partial charge is 0.493 e. The number of imidazole rings is 1. The van der Waals surface area contributed by atoms with Gasteiger partial charge >= 0.3 is 0 Å². The van der Waals surface area contributed by atoms with Crippen molar-refractivity contribution in [2.75, 3.05) is 25.3 Å². The third-order valence-corrected chi connectivity index (χ3v) is 7.88. The van der Waals surface area contributed by atoms with Crippen LogP contribution in [-0.2, 0) is 17.8 Å². The molecule has 6 rings (SSSR count). The van der Waals surface area contributed by atoms with Crippen LogP contribution in [-0.4, -0.2) is 55.0 Å². The Balaban J connectivity index is 1.35. The molecule has 3 aromatic carbocycles. The highest BCUT2D eigenvalue weighted by molar-refractivity contribution is 7.99. The number of carbonyl (C=O) groups is 1. The van der Waals surface area contributed by atoms with Crippen molar-refractivity contribution in [3.8, 4) is 11.5 Å². The number of benzene rings is 3. The standard InChI is InChI=1S/C30H29N7O3S/c1-18-9-5-6-10-21(18)32-28(38)17-41-30-33-23-16-26(40-4)25(39-3)15-20(23)29-34-27(35-37(29)30)13-14-36-19(2)31-22-11-7-8-12-24(22)36/h5-12,15-16H,13-14,17H2,1-4H3,(H,32,38). The van der Waals surface area contributed by atoms with Crippen LogP contribution in [0.1, 0.15) is 17.2 Å². The van der Waals surface area contributed by atoms with Gasteiger partial charge < -0.3 is 19.4 Å². The fourth-order valence-corrected chi connectivity index (χ4v) is 5.62. The Hall–Kier alpha value is -4.64. The second-order valence-corrected chi connectivity index (χ2v) is 10.5. The second-order valence-electron chi connectivity index (χ2n) is 9.58. The van der Waals surface area contributed by atoms with Crippen LogP contribution >= 0.6 is 11.8 Å². The maximum Gasteiger partial charge on any atom is 0.234 e. The molecule has 0 radical (unpaired) electrons. The van der Waals surface area contributed by atoms with Gasteiger partial charge in [0, 0.05) is 30.1 Å². The molecule has 0 spiro atoms. The van der Waals surface area contributed by atoms with Crippen molar-refractivity contribution in [1.29, 1.82) is 0 Å². The van der Waals surface area contributed by atoms with E-state index in [0.717, 1.165) is 33.5 Å². The predicted molar refractivity (Wildman–Crippen MR) is 160 cm³/mol. The molecule has 1 amide bonds. The Morgan fingerprint density at radius 2 is 1.68 bits per heavy atom. The number of thioether (sulfide) groups is 1. The van der Waals surface area contributed by atoms with Gasteiger partial charge in [0.1, 0.15) is 5.82 Å². The number of hydrogen-bond acceptors (Lipinski definition) is 8. The summed E-state index contributed by atoms with van der Waals surface area (Å²) in [5.74, 6) is 2.77. The van der Waals surface area contributed by atoms with Crippen LogP contribution in [0.15, 0.2) is 65.8 Å². The Kier molecular flexibility index (Phi) is 7.19. The van der Waals surface area contributed by atoms with Crippen molar-refractivity contribution in [3.63, 3.8) is 0 Å². The molecule has 0 atom stereocenters. The van der Waals surface area contributed by atoms with E-state index in [1.165, 1.54) is 11.8 Å². The van der Waals surface area contributed by atoms with E-state index in [2.05, 4.69) is 20.9 Å². The normalized spacial score (nSPS) is 11.4. The lowest BCUT2D eigenvalue weighted by molar-refractivity contribution is -0.113. The molecule has 208 valence electrons. The Labute approximate surface area is 240 Å². The minimum Gasteiger partial charge on any atom is -0.493 e. The molecule has 41 heavy (non-hydrogen) atoms. The highest BCUT2D eigenvalue weighted by atomic mass is 32.2. The fourth-order valence-electron chi connectivity index (χ4n) is 4.87. The number of rotatable bonds is 9. The molecule has 0 saturated carbocycles. The van der Waals surface area contributed by atoms with Gasteiger partial charge in [-0.25, -0.2) is 15.0 Å². The zero-order valence-electron chi connectivity index (χ0n) is 23.2. The number of nitrogens with zero attached hydrogens (tertiary/aromatic N) is 6. The van der Waals surface area contributed by atoms with Crippen molar-refractivity contribution in [2.24, 2.45) is 0 Å². The molecule has 0 fully saturated rings. The van der Waals surface area contributed by atoms with Gasteiger partial charge in [-0.2, -0.15) is 4.52 Å². The lowest BCUT2D eigenvalue weighted by Crippen LogP contribution is -2.15. The van der Waals surface area contributed by atoms with Crippen LogP contribution in [0.5, 0.6) is 11.5 Å². The summed E-state index contributed by atoms with van der Waals surface area (Å²) in [6.45, 7) is 4.64. The SMILES string of the molecule is COc1cc2nc(SCC(=O)Nc3ccccc3C)n3nc(CCn4c(C)nc5ccccc54)nc3c2cc1OC. The number of anilines is 1. The number of amides is 1. The maximum atomic E-state index is 12.8. The summed E-state index contributed by atoms with van der Waals surface area (Å²) in [5.41, 5.74) is 5.14. The van der Waals surface area contributed by atoms with Crippen molar-refractivity contribution in [1.82, 2.24) is 29.1 Å². The zero-order chi connectivity index (χ0) is 28.5. The summed E-state index contributed by atoms with van der Waals surface area (Å²) in [6.07, 6.45) is 0.593. The molecule has 3 aromatic heterocycles. The van der Waals surface area contributed by atoms with Gasteiger partial charge in [-0.3, -0.25) is 4.79 Å². The lowest BCUT2D eigenvalue weighted by Gasteiger charge is -2.11. The first-order valence-corrected chi connectivity index (χ1v) is 14.1. The monoisotopic (exact) mass is 567 g/mol. The van der Waals surface area contributed by atoms with E-state index in [4.69, 9.17) is 24.5 Å².